The summed E-state index contributed by atoms with van der Waals surface area (Å²) in [5.41, 5.74) is 7.34. The minimum atomic E-state index is 0.105. The monoisotopic (exact) mass is 252 g/mol. The van der Waals surface area contributed by atoms with Gasteiger partial charge in [-0.25, -0.2) is 0 Å². The molecule has 0 bridgehead atoms. The molecule has 3 heteroatoms. The molecule has 2 rings (SSSR count). The van der Waals surface area contributed by atoms with Gasteiger partial charge in [-0.2, -0.15) is 0 Å². The van der Waals surface area contributed by atoms with Gasteiger partial charge in [0.2, 0.25) is 0 Å². The number of hydrogen-bond donors (Lipinski definition) is 1. The maximum Gasteiger partial charge on any atom is 0.0511 e. The molecule has 1 aromatic carbocycles. The highest BCUT2D eigenvalue weighted by molar-refractivity contribution is 6.31. The summed E-state index contributed by atoms with van der Waals surface area (Å²) in [6.07, 6.45) is 3.88. The molecule has 1 heterocycles. The van der Waals surface area contributed by atoms with E-state index in [2.05, 4.69) is 17.9 Å². The van der Waals surface area contributed by atoms with Crippen LogP contribution < -0.4 is 5.73 Å². The molecular formula is C14H21ClN2. The van der Waals surface area contributed by atoms with Gasteiger partial charge in [-0.15, -0.1) is 0 Å². The Kier molecular flexibility index (Phi) is 4.43. The van der Waals surface area contributed by atoms with Crippen LogP contribution >= 0.6 is 11.6 Å². The van der Waals surface area contributed by atoms with Crippen LogP contribution in [0.1, 0.15) is 37.8 Å². The van der Waals surface area contributed by atoms with Crippen molar-refractivity contribution in [2.24, 2.45) is 5.73 Å². The van der Waals surface area contributed by atoms with Crippen molar-refractivity contribution in [1.29, 1.82) is 0 Å². The van der Waals surface area contributed by atoms with Gasteiger partial charge in [-0.05, 0) is 44.5 Å². The van der Waals surface area contributed by atoms with E-state index in [1.807, 2.05) is 18.2 Å². The standard InChI is InChI=1S/C14H21ClN2/c1-11(16)14(17-9-5-2-6-10-17)12-7-3-4-8-13(12)15/h3-4,7-8,11,14H,2,5-6,9-10,16H2,1H3. The van der Waals surface area contributed by atoms with Crippen molar-refractivity contribution in [3.05, 3.63) is 34.9 Å². The number of halogens is 1. The average molecular weight is 253 g/mol. The van der Waals surface area contributed by atoms with E-state index in [0.29, 0.717) is 0 Å². The number of benzene rings is 1. The van der Waals surface area contributed by atoms with E-state index in [0.717, 1.165) is 18.1 Å². The molecule has 0 radical (unpaired) electrons. The molecule has 2 N–H and O–H groups in total. The number of hydrogen-bond acceptors (Lipinski definition) is 2. The molecule has 2 nitrogen and oxygen atoms in total. The van der Waals surface area contributed by atoms with E-state index in [1.54, 1.807) is 0 Å². The van der Waals surface area contributed by atoms with Crippen molar-refractivity contribution >= 4 is 11.6 Å². The van der Waals surface area contributed by atoms with E-state index in [9.17, 15) is 0 Å². The van der Waals surface area contributed by atoms with Crippen molar-refractivity contribution in [2.75, 3.05) is 13.1 Å². The van der Waals surface area contributed by atoms with Crippen LogP contribution in [0.5, 0.6) is 0 Å². The van der Waals surface area contributed by atoms with E-state index in [4.69, 9.17) is 17.3 Å². The summed E-state index contributed by atoms with van der Waals surface area (Å²) < 4.78 is 0. The van der Waals surface area contributed by atoms with E-state index in [1.165, 1.54) is 24.8 Å². The first-order chi connectivity index (χ1) is 8.20. The summed E-state index contributed by atoms with van der Waals surface area (Å²) in [7, 11) is 0. The second kappa shape index (κ2) is 5.85. The molecule has 2 unspecified atom stereocenters. The summed E-state index contributed by atoms with van der Waals surface area (Å²) in [5.74, 6) is 0. The highest BCUT2D eigenvalue weighted by Gasteiger charge is 2.26. The van der Waals surface area contributed by atoms with Crippen LogP contribution in [0, 0.1) is 0 Å². The fraction of sp³-hybridized carbons (Fsp3) is 0.571. The van der Waals surface area contributed by atoms with Crippen LogP contribution in [-0.2, 0) is 0 Å². The van der Waals surface area contributed by atoms with Crippen molar-refractivity contribution in [1.82, 2.24) is 4.90 Å². The molecule has 0 saturated carbocycles. The Balaban J connectivity index is 2.25. The average Bonchev–Trinajstić information content (AvgIpc) is 2.33. The second-order valence-electron chi connectivity index (χ2n) is 4.92. The summed E-state index contributed by atoms with van der Waals surface area (Å²) in [6, 6.07) is 8.43. The maximum absolute atomic E-state index is 6.30. The van der Waals surface area contributed by atoms with Crippen molar-refractivity contribution in [3.63, 3.8) is 0 Å². The fourth-order valence-corrected chi connectivity index (χ4v) is 2.97. The van der Waals surface area contributed by atoms with Gasteiger partial charge in [-0.3, -0.25) is 4.90 Å². The van der Waals surface area contributed by atoms with E-state index >= 15 is 0 Å². The molecular weight excluding hydrogens is 232 g/mol. The first-order valence-corrected chi connectivity index (χ1v) is 6.82. The van der Waals surface area contributed by atoms with Crippen LogP contribution in [0.15, 0.2) is 24.3 Å². The predicted octanol–water partition coefficient (Wildman–Crippen LogP) is 3.21. The van der Waals surface area contributed by atoms with Crippen LogP contribution in [-0.4, -0.2) is 24.0 Å². The first kappa shape index (κ1) is 12.9. The minimum Gasteiger partial charge on any atom is -0.326 e. The molecule has 0 aromatic heterocycles. The topological polar surface area (TPSA) is 29.3 Å². The Morgan fingerprint density at radius 3 is 2.41 bits per heavy atom. The summed E-state index contributed by atoms with van der Waals surface area (Å²) in [5, 5.41) is 0.834. The Labute approximate surface area is 109 Å². The predicted molar refractivity (Wildman–Crippen MR) is 73.3 cm³/mol. The number of rotatable bonds is 3. The quantitative estimate of drug-likeness (QED) is 0.895. The van der Waals surface area contributed by atoms with Gasteiger partial charge in [0.25, 0.3) is 0 Å². The van der Waals surface area contributed by atoms with Gasteiger partial charge < -0.3 is 5.73 Å². The highest BCUT2D eigenvalue weighted by atomic mass is 35.5. The van der Waals surface area contributed by atoms with Gasteiger partial charge in [0.15, 0.2) is 0 Å². The molecule has 17 heavy (non-hydrogen) atoms. The zero-order valence-electron chi connectivity index (χ0n) is 10.4. The fourth-order valence-electron chi connectivity index (χ4n) is 2.72. The summed E-state index contributed by atoms with van der Waals surface area (Å²) >= 11 is 6.30. The number of nitrogens with two attached hydrogens (primary N) is 1. The van der Waals surface area contributed by atoms with Crippen LogP contribution in [0.2, 0.25) is 5.02 Å². The summed E-state index contributed by atoms with van der Waals surface area (Å²) in [6.45, 7) is 4.34. The lowest BCUT2D eigenvalue weighted by atomic mass is 9.96. The van der Waals surface area contributed by atoms with Crippen LogP contribution in [0.4, 0.5) is 0 Å². The second-order valence-corrected chi connectivity index (χ2v) is 5.33. The van der Waals surface area contributed by atoms with Crippen molar-refractivity contribution in [2.45, 2.75) is 38.3 Å². The number of piperidine rings is 1. The normalized spacial score (nSPS) is 21.1. The maximum atomic E-state index is 6.30. The molecule has 0 amide bonds. The molecule has 0 aliphatic carbocycles. The van der Waals surface area contributed by atoms with Gasteiger partial charge >= 0.3 is 0 Å². The summed E-state index contributed by atoms with van der Waals surface area (Å²) in [4.78, 5) is 2.48. The third kappa shape index (κ3) is 3.01. The smallest absolute Gasteiger partial charge is 0.0511 e. The van der Waals surface area contributed by atoms with E-state index < -0.39 is 0 Å². The largest absolute Gasteiger partial charge is 0.326 e. The Morgan fingerprint density at radius 2 is 1.82 bits per heavy atom. The van der Waals surface area contributed by atoms with Gasteiger partial charge in [0.1, 0.15) is 0 Å². The first-order valence-electron chi connectivity index (χ1n) is 6.44. The molecule has 1 aromatic rings. The minimum absolute atomic E-state index is 0.105. The third-order valence-corrected chi connectivity index (χ3v) is 3.85. The molecule has 1 fully saturated rings. The highest BCUT2D eigenvalue weighted by Crippen LogP contribution is 2.31. The SMILES string of the molecule is CC(N)C(c1ccccc1Cl)N1CCCCC1. The Hall–Kier alpha value is -0.570. The van der Waals surface area contributed by atoms with Gasteiger partial charge in [0.05, 0.1) is 6.04 Å². The molecule has 2 atom stereocenters. The molecule has 1 aliphatic rings. The molecule has 94 valence electrons. The lowest BCUT2D eigenvalue weighted by molar-refractivity contribution is 0.146. The molecule has 1 aliphatic heterocycles. The van der Waals surface area contributed by atoms with Gasteiger partial charge in [-0.1, -0.05) is 36.2 Å². The van der Waals surface area contributed by atoms with Crippen LogP contribution in [0.3, 0.4) is 0 Å². The molecule has 1 saturated heterocycles. The lowest BCUT2D eigenvalue weighted by Gasteiger charge is -2.37. The van der Waals surface area contributed by atoms with E-state index in [-0.39, 0.29) is 12.1 Å². The third-order valence-electron chi connectivity index (χ3n) is 3.51. The molecule has 0 spiro atoms. The zero-order chi connectivity index (χ0) is 12.3. The van der Waals surface area contributed by atoms with Crippen molar-refractivity contribution < 1.29 is 0 Å². The number of nitrogens with zero attached hydrogens (tertiary/aromatic N) is 1. The Bertz CT molecular complexity index is 359. The van der Waals surface area contributed by atoms with Crippen molar-refractivity contribution in [3.8, 4) is 0 Å². The zero-order valence-corrected chi connectivity index (χ0v) is 11.2. The lowest BCUT2D eigenvalue weighted by Crippen LogP contribution is -2.42. The Morgan fingerprint density at radius 1 is 1.18 bits per heavy atom. The number of likely N-dealkylation sites (tertiary alicyclic amines) is 1. The van der Waals surface area contributed by atoms with Gasteiger partial charge in [0, 0.05) is 11.1 Å². The van der Waals surface area contributed by atoms with Crippen LogP contribution in [0.25, 0.3) is 0 Å².